The third kappa shape index (κ3) is 3.67. The number of ether oxygens (including phenoxy) is 1. The van der Waals surface area contributed by atoms with Crippen molar-refractivity contribution < 1.29 is 9.84 Å². The molecule has 0 aliphatic carbocycles. The van der Waals surface area contributed by atoms with Crippen molar-refractivity contribution in [3.63, 3.8) is 0 Å². The third-order valence-electron chi connectivity index (χ3n) is 2.84. The van der Waals surface area contributed by atoms with Crippen LogP contribution in [0.25, 0.3) is 10.9 Å². The zero-order chi connectivity index (χ0) is 14.2. The van der Waals surface area contributed by atoms with E-state index in [1.807, 2.05) is 30.3 Å². The molecule has 1 aromatic heterocycles. The van der Waals surface area contributed by atoms with Gasteiger partial charge in [-0.15, -0.1) is 0 Å². The molecule has 2 rings (SSSR count). The lowest BCUT2D eigenvalue weighted by Crippen LogP contribution is -2.09. The van der Waals surface area contributed by atoms with Crippen LogP contribution in [0.1, 0.15) is 12.0 Å². The van der Waals surface area contributed by atoms with Crippen LogP contribution in [-0.2, 0) is 4.74 Å². The summed E-state index contributed by atoms with van der Waals surface area (Å²) in [7, 11) is 0. The first kappa shape index (κ1) is 14.3. The molecule has 0 atom stereocenters. The van der Waals surface area contributed by atoms with E-state index in [0.717, 1.165) is 17.3 Å². The van der Waals surface area contributed by atoms with Crippen LogP contribution in [0.3, 0.4) is 0 Å². The van der Waals surface area contributed by atoms with E-state index in [0.29, 0.717) is 31.1 Å². The Kier molecular flexibility index (Phi) is 5.30. The van der Waals surface area contributed by atoms with Crippen LogP contribution in [0.2, 0.25) is 0 Å². The Morgan fingerprint density at radius 3 is 2.95 bits per heavy atom. The van der Waals surface area contributed by atoms with E-state index in [9.17, 15) is 0 Å². The first-order valence-corrected chi connectivity index (χ1v) is 6.57. The first-order valence-electron chi connectivity index (χ1n) is 6.57. The number of pyridine rings is 1. The molecule has 1 heterocycles. The zero-order valence-corrected chi connectivity index (χ0v) is 11.2. The molecule has 0 saturated carbocycles. The Bertz CT molecular complexity index is 608. The maximum Gasteiger partial charge on any atom is 0.144 e. The van der Waals surface area contributed by atoms with Crippen molar-refractivity contribution in [2.45, 2.75) is 6.42 Å². The maximum absolute atomic E-state index is 9.17. The van der Waals surface area contributed by atoms with Crippen molar-refractivity contribution in [2.24, 2.45) is 0 Å². The molecule has 1 aromatic carbocycles. The molecule has 0 unspecified atom stereocenters. The fraction of sp³-hybridized carbons (Fsp3) is 0.333. The van der Waals surface area contributed by atoms with Gasteiger partial charge < -0.3 is 15.2 Å². The summed E-state index contributed by atoms with van der Waals surface area (Å²) >= 11 is 0. The van der Waals surface area contributed by atoms with Crippen LogP contribution < -0.4 is 5.32 Å². The standard InChI is InChI=1S/C15H17N3O2/c16-11-13-10-12-4-1-2-5-14(12)18-15(13)17-6-3-8-20-9-7-19/h1-2,4-5,10,19H,3,6-9H2,(H,17,18). The summed E-state index contributed by atoms with van der Waals surface area (Å²) < 4.78 is 5.17. The summed E-state index contributed by atoms with van der Waals surface area (Å²) in [5.41, 5.74) is 1.41. The Morgan fingerprint density at radius 1 is 1.30 bits per heavy atom. The van der Waals surface area contributed by atoms with Gasteiger partial charge in [-0.25, -0.2) is 4.98 Å². The van der Waals surface area contributed by atoms with Crippen molar-refractivity contribution in [1.29, 1.82) is 5.26 Å². The second-order valence-corrected chi connectivity index (χ2v) is 4.31. The van der Waals surface area contributed by atoms with Crippen LogP contribution in [0, 0.1) is 11.3 Å². The lowest BCUT2D eigenvalue weighted by Gasteiger charge is -2.09. The fourth-order valence-corrected chi connectivity index (χ4v) is 1.88. The van der Waals surface area contributed by atoms with E-state index in [1.165, 1.54) is 0 Å². The Hall–Kier alpha value is -2.16. The van der Waals surface area contributed by atoms with Crippen molar-refractivity contribution in [2.75, 3.05) is 31.7 Å². The van der Waals surface area contributed by atoms with E-state index >= 15 is 0 Å². The summed E-state index contributed by atoms with van der Waals surface area (Å²) in [6, 6.07) is 11.7. The lowest BCUT2D eigenvalue weighted by molar-refractivity contribution is 0.0922. The second kappa shape index (κ2) is 7.43. The molecule has 0 spiro atoms. The second-order valence-electron chi connectivity index (χ2n) is 4.31. The van der Waals surface area contributed by atoms with Crippen LogP contribution in [0.15, 0.2) is 30.3 Å². The van der Waals surface area contributed by atoms with E-state index in [2.05, 4.69) is 16.4 Å². The topological polar surface area (TPSA) is 78.2 Å². The smallest absolute Gasteiger partial charge is 0.144 e. The van der Waals surface area contributed by atoms with Crippen molar-refractivity contribution in [1.82, 2.24) is 4.98 Å². The van der Waals surface area contributed by atoms with Gasteiger partial charge in [0.2, 0.25) is 0 Å². The molecule has 2 N–H and O–H groups in total. The molecule has 0 bridgehead atoms. The molecule has 104 valence electrons. The van der Waals surface area contributed by atoms with Crippen LogP contribution in [0.5, 0.6) is 0 Å². The van der Waals surface area contributed by atoms with Gasteiger partial charge in [0.25, 0.3) is 0 Å². The Morgan fingerprint density at radius 2 is 2.15 bits per heavy atom. The molecule has 0 aliphatic rings. The largest absolute Gasteiger partial charge is 0.394 e. The van der Waals surface area contributed by atoms with Gasteiger partial charge in [0.15, 0.2) is 0 Å². The molecule has 0 radical (unpaired) electrons. The number of aliphatic hydroxyl groups excluding tert-OH is 1. The number of nitriles is 1. The predicted molar refractivity (Wildman–Crippen MR) is 77.5 cm³/mol. The van der Waals surface area contributed by atoms with Gasteiger partial charge in [0.05, 0.1) is 24.3 Å². The van der Waals surface area contributed by atoms with Crippen LogP contribution in [0.4, 0.5) is 5.82 Å². The van der Waals surface area contributed by atoms with E-state index in [1.54, 1.807) is 0 Å². The summed E-state index contributed by atoms with van der Waals surface area (Å²) in [6.45, 7) is 1.64. The summed E-state index contributed by atoms with van der Waals surface area (Å²) in [6.07, 6.45) is 0.791. The minimum atomic E-state index is 0.0399. The maximum atomic E-state index is 9.17. The number of benzene rings is 1. The quantitative estimate of drug-likeness (QED) is 0.752. The number of anilines is 1. The van der Waals surface area contributed by atoms with E-state index in [-0.39, 0.29) is 6.61 Å². The number of aromatic nitrogens is 1. The van der Waals surface area contributed by atoms with Crippen LogP contribution >= 0.6 is 0 Å². The highest BCUT2D eigenvalue weighted by atomic mass is 16.5. The highest BCUT2D eigenvalue weighted by Gasteiger charge is 2.05. The summed E-state index contributed by atoms with van der Waals surface area (Å²) in [5, 5.41) is 21.9. The molecule has 5 heteroatoms. The number of aliphatic hydroxyl groups is 1. The highest BCUT2D eigenvalue weighted by molar-refractivity contribution is 5.82. The number of nitrogens with zero attached hydrogens (tertiary/aromatic N) is 2. The normalized spacial score (nSPS) is 10.4. The average Bonchev–Trinajstić information content (AvgIpc) is 2.50. The van der Waals surface area contributed by atoms with Gasteiger partial charge in [0.1, 0.15) is 11.9 Å². The Labute approximate surface area is 117 Å². The molecular weight excluding hydrogens is 254 g/mol. The van der Waals surface area contributed by atoms with Gasteiger partial charge in [-0.2, -0.15) is 5.26 Å². The molecule has 0 aliphatic heterocycles. The molecule has 0 fully saturated rings. The van der Waals surface area contributed by atoms with Gasteiger partial charge in [0, 0.05) is 18.5 Å². The number of rotatable bonds is 7. The number of fused-ring (bicyclic) bond motifs is 1. The monoisotopic (exact) mass is 271 g/mol. The highest BCUT2D eigenvalue weighted by Crippen LogP contribution is 2.19. The van der Waals surface area contributed by atoms with Crippen molar-refractivity contribution in [3.05, 3.63) is 35.9 Å². The van der Waals surface area contributed by atoms with Gasteiger partial charge in [-0.05, 0) is 18.6 Å². The first-order chi connectivity index (χ1) is 9.85. The number of hydrogen-bond acceptors (Lipinski definition) is 5. The van der Waals surface area contributed by atoms with Gasteiger partial charge >= 0.3 is 0 Å². The van der Waals surface area contributed by atoms with E-state index < -0.39 is 0 Å². The zero-order valence-electron chi connectivity index (χ0n) is 11.2. The molecule has 0 amide bonds. The minimum Gasteiger partial charge on any atom is -0.394 e. The molecule has 0 saturated heterocycles. The average molecular weight is 271 g/mol. The van der Waals surface area contributed by atoms with Crippen LogP contribution in [-0.4, -0.2) is 36.5 Å². The summed E-state index contributed by atoms with van der Waals surface area (Å²) in [4.78, 5) is 4.47. The molecule has 20 heavy (non-hydrogen) atoms. The number of nitrogens with one attached hydrogen (secondary N) is 1. The molecule has 2 aromatic rings. The van der Waals surface area contributed by atoms with Crippen molar-refractivity contribution >= 4 is 16.7 Å². The third-order valence-corrected chi connectivity index (χ3v) is 2.84. The van der Waals surface area contributed by atoms with Crippen molar-refractivity contribution in [3.8, 4) is 6.07 Å². The van der Waals surface area contributed by atoms with E-state index in [4.69, 9.17) is 15.1 Å². The fourth-order valence-electron chi connectivity index (χ4n) is 1.88. The molecular formula is C15H17N3O2. The predicted octanol–water partition coefficient (Wildman–Crippen LogP) is 1.92. The number of hydrogen-bond donors (Lipinski definition) is 2. The van der Waals surface area contributed by atoms with Gasteiger partial charge in [-0.3, -0.25) is 0 Å². The SMILES string of the molecule is N#Cc1cc2ccccc2nc1NCCCOCCO. The Balaban J connectivity index is 2.00. The summed E-state index contributed by atoms with van der Waals surface area (Å²) in [5.74, 6) is 0.605. The molecule has 5 nitrogen and oxygen atoms in total. The number of para-hydroxylation sites is 1. The minimum absolute atomic E-state index is 0.0399. The van der Waals surface area contributed by atoms with Gasteiger partial charge in [-0.1, -0.05) is 18.2 Å². The lowest BCUT2D eigenvalue weighted by atomic mass is 10.1.